The summed E-state index contributed by atoms with van der Waals surface area (Å²) in [7, 11) is 0. The van der Waals surface area contributed by atoms with E-state index in [0.29, 0.717) is 17.7 Å². The number of rotatable bonds is 13. The summed E-state index contributed by atoms with van der Waals surface area (Å²) >= 11 is 1.33. The van der Waals surface area contributed by atoms with Crippen LogP contribution in [-0.2, 0) is 38.3 Å². The van der Waals surface area contributed by atoms with Crippen LogP contribution in [0.4, 0.5) is 5.82 Å². The molecule has 2 aliphatic rings. The zero-order chi connectivity index (χ0) is 35.8. The summed E-state index contributed by atoms with van der Waals surface area (Å²) in [5.41, 5.74) is 0.892. The zero-order valence-corrected chi connectivity index (χ0v) is 28.3. The average molecular weight is 698 g/mol. The smallest absolute Gasteiger partial charge is 0.356 e. The number of amides is 3. The van der Waals surface area contributed by atoms with Crippen LogP contribution in [0, 0.1) is 0 Å². The van der Waals surface area contributed by atoms with Crippen LogP contribution in [0.5, 0.6) is 0 Å². The average Bonchev–Trinajstić information content (AvgIpc) is 3.10. The number of hydrogen-bond donors (Lipinski definition) is 2. The third-order valence-electron chi connectivity index (χ3n) is 7.33. The van der Waals surface area contributed by atoms with E-state index >= 15 is 0 Å². The number of ether oxygens (including phenoxy) is 2. The van der Waals surface area contributed by atoms with Gasteiger partial charge in [-0.15, -0.1) is 11.8 Å². The summed E-state index contributed by atoms with van der Waals surface area (Å²) in [6.07, 6.45) is 1.18. The highest BCUT2D eigenvalue weighted by atomic mass is 32.2. The zero-order valence-electron chi connectivity index (χ0n) is 27.5. The first-order chi connectivity index (χ1) is 24.0. The first-order valence-electron chi connectivity index (χ1n) is 15.5. The largest absolute Gasteiger partial charge is 0.457 e. The van der Waals surface area contributed by atoms with Crippen molar-refractivity contribution in [1.29, 1.82) is 0 Å². The van der Waals surface area contributed by atoms with Crippen molar-refractivity contribution in [3.63, 3.8) is 0 Å². The Morgan fingerprint density at radius 2 is 1.70 bits per heavy atom. The molecule has 0 aliphatic carbocycles. The van der Waals surface area contributed by atoms with Crippen molar-refractivity contribution in [2.24, 2.45) is 5.16 Å². The van der Waals surface area contributed by atoms with Gasteiger partial charge >= 0.3 is 11.9 Å². The minimum Gasteiger partial charge on any atom is -0.457 e. The molecule has 1 unspecified atom stereocenters. The van der Waals surface area contributed by atoms with Crippen molar-refractivity contribution in [2.75, 3.05) is 17.7 Å². The van der Waals surface area contributed by atoms with Crippen LogP contribution in [-0.4, -0.2) is 75.1 Å². The summed E-state index contributed by atoms with van der Waals surface area (Å²) < 4.78 is 11.3. The highest BCUT2D eigenvalue weighted by Gasteiger charge is 2.54. The van der Waals surface area contributed by atoms with Gasteiger partial charge in [0, 0.05) is 5.75 Å². The molecule has 1 saturated heterocycles. The lowest BCUT2D eigenvalue weighted by molar-refractivity contribution is -0.160. The van der Waals surface area contributed by atoms with Gasteiger partial charge in [-0.05, 0) is 49.6 Å². The predicted octanol–water partition coefficient (Wildman–Crippen LogP) is 3.89. The highest BCUT2D eigenvalue weighted by molar-refractivity contribution is 8.00. The van der Waals surface area contributed by atoms with Gasteiger partial charge in [-0.2, -0.15) is 0 Å². The molecule has 3 amide bonds. The number of pyridine rings is 1. The number of carbonyl (C=O) groups is 5. The van der Waals surface area contributed by atoms with E-state index in [2.05, 4.69) is 27.4 Å². The van der Waals surface area contributed by atoms with E-state index in [4.69, 9.17) is 14.3 Å². The van der Waals surface area contributed by atoms with Crippen LogP contribution in [0.2, 0.25) is 0 Å². The second-order valence-electron chi connectivity index (χ2n) is 12.0. The minimum absolute atomic E-state index is 0.00978. The molecule has 2 N–H and O–H groups in total. The van der Waals surface area contributed by atoms with Crippen LogP contribution in [0.3, 0.4) is 0 Å². The van der Waals surface area contributed by atoms with Crippen molar-refractivity contribution in [2.45, 2.75) is 43.9 Å². The fraction of sp³-hybridized carbons (Fsp3) is 0.250. The Balaban J connectivity index is 1.36. The molecule has 258 valence electrons. The van der Waals surface area contributed by atoms with Crippen molar-refractivity contribution in [3.05, 3.63) is 120 Å². The maximum Gasteiger partial charge on any atom is 0.356 e. The van der Waals surface area contributed by atoms with Crippen LogP contribution in [0.1, 0.15) is 43.7 Å². The molecule has 0 spiro atoms. The van der Waals surface area contributed by atoms with E-state index in [0.717, 1.165) is 11.1 Å². The molecule has 1 fully saturated rings. The first kappa shape index (κ1) is 35.5. The van der Waals surface area contributed by atoms with Crippen LogP contribution >= 0.6 is 11.8 Å². The Bertz CT molecular complexity index is 1800. The van der Waals surface area contributed by atoms with Gasteiger partial charge in [0.2, 0.25) is 13.0 Å². The standard InChI is InChI=1S/C36H35N5O8S/c1-5-22-20-50-34-29(33(45)41(34)30(22)35(46)48-31(23-13-8-6-9-14-23)24-15-10-7-11-16-24)39-32(44)28(25-17-12-18-26(38-25)37-21-42)40-47-19-27(43)49-36(2,3)4/h5-18,21,29,31,34H,1,19-20H2,2-4H3,(H,39,44)(H,37,38,42)/b40-28-/t29?,34-/m1/s1. The molecule has 13 nitrogen and oxygen atoms in total. The second-order valence-corrected chi connectivity index (χ2v) is 13.1. The molecular formula is C36H35N5O8S. The van der Waals surface area contributed by atoms with Crippen molar-refractivity contribution >= 4 is 53.5 Å². The number of β-lactam (4-membered cyclic amide) rings is 1. The quantitative estimate of drug-likeness (QED) is 0.0880. The van der Waals surface area contributed by atoms with Crippen LogP contribution in [0.15, 0.2) is 108 Å². The van der Waals surface area contributed by atoms with Gasteiger partial charge in [0.25, 0.3) is 11.8 Å². The van der Waals surface area contributed by atoms with Crippen molar-refractivity contribution in [1.82, 2.24) is 15.2 Å². The van der Waals surface area contributed by atoms with Gasteiger partial charge in [-0.25, -0.2) is 14.6 Å². The van der Waals surface area contributed by atoms with E-state index < -0.39 is 53.5 Å². The summed E-state index contributed by atoms with van der Waals surface area (Å²) in [4.78, 5) is 75.2. The number of nitrogens with one attached hydrogen (secondary N) is 2. The number of esters is 2. The fourth-order valence-electron chi connectivity index (χ4n) is 5.18. The van der Waals surface area contributed by atoms with E-state index in [-0.39, 0.29) is 22.9 Å². The number of hydrogen-bond acceptors (Lipinski definition) is 11. The van der Waals surface area contributed by atoms with Crippen LogP contribution < -0.4 is 10.6 Å². The molecule has 14 heteroatoms. The van der Waals surface area contributed by atoms with Gasteiger partial charge in [-0.3, -0.25) is 19.3 Å². The van der Waals surface area contributed by atoms with Gasteiger partial charge in [-0.1, -0.05) is 84.5 Å². The number of carbonyl (C=O) groups excluding carboxylic acids is 5. The Morgan fingerprint density at radius 1 is 1.04 bits per heavy atom. The molecule has 0 saturated carbocycles. The van der Waals surface area contributed by atoms with Gasteiger partial charge < -0.3 is 24.9 Å². The third-order valence-corrected chi connectivity index (χ3v) is 8.63. The van der Waals surface area contributed by atoms with Gasteiger partial charge in [0.15, 0.2) is 11.8 Å². The molecule has 5 rings (SSSR count). The molecule has 1 aromatic heterocycles. The number of anilines is 1. The Morgan fingerprint density at radius 3 is 2.30 bits per heavy atom. The number of thioether (sulfide) groups is 1. The van der Waals surface area contributed by atoms with Crippen molar-refractivity contribution in [3.8, 4) is 0 Å². The minimum atomic E-state index is -1.06. The SMILES string of the molecule is C=CC1=C(C(=O)OC(c2ccccc2)c2ccccc2)N2C(=O)C(NC(=O)/C(=N\OCC(=O)OC(C)(C)C)c3cccc(NC=O)n3)[C@H]2SC1. The topological polar surface area (TPSA) is 166 Å². The lowest BCUT2D eigenvalue weighted by Gasteiger charge is -2.49. The van der Waals surface area contributed by atoms with Gasteiger partial charge in [0.05, 0.1) is 0 Å². The number of fused-ring (bicyclic) bond motifs is 1. The Labute approximate surface area is 292 Å². The van der Waals surface area contributed by atoms with Crippen LogP contribution in [0.25, 0.3) is 0 Å². The van der Waals surface area contributed by atoms with E-state index in [9.17, 15) is 24.0 Å². The number of aromatic nitrogens is 1. The Kier molecular flexibility index (Phi) is 11.1. The first-order valence-corrected chi connectivity index (χ1v) is 16.6. The summed E-state index contributed by atoms with van der Waals surface area (Å²) in [6.45, 7) is 8.30. The second kappa shape index (κ2) is 15.6. The molecule has 3 heterocycles. The van der Waals surface area contributed by atoms with E-state index in [1.165, 1.54) is 40.9 Å². The molecule has 3 aromatic rings. The molecule has 0 bridgehead atoms. The lowest BCUT2D eigenvalue weighted by Crippen LogP contribution is -2.71. The summed E-state index contributed by atoms with van der Waals surface area (Å²) in [5, 5.41) is 8.26. The fourth-order valence-corrected chi connectivity index (χ4v) is 6.52. The molecule has 50 heavy (non-hydrogen) atoms. The number of oxime groups is 1. The number of benzene rings is 2. The third kappa shape index (κ3) is 8.26. The summed E-state index contributed by atoms with van der Waals surface area (Å²) in [6, 6.07) is 21.9. The highest BCUT2D eigenvalue weighted by Crippen LogP contribution is 2.42. The lowest BCUT2D eigenvalue weighted by atomic mass is 10.0. The maximum absolute atomic E-state index is 13.9. The Hall–Kier alpha value is -5.76. The normalized spacial score (nSPS) is 17.2. The molecule has 2 aromatic carbocycles. The molecular weight excluding hydrogens is 662 g/mol. The molecule has 2 atom stereocenters. The molecule has 2 aliphatic heterocycles. The van der Waals surface area contributed by atoms with E-state index in [1.807, 2.05) is 60.7 Å². The number of allylic oxidation sites excluding steroid dienone is 1. The molecule has 0 radical (unpaired) electrons. The van der Waals surface area contributed by atoms with Crippen molar-refractivity contribution < 1.29 is 38.3 Å². The monoisotopic (exact) mass is 697 g/mol. The number of nitrogens with zero attached hydrogens (tertiary/aromatic N) is 3. The van der Waals surface area contributed by atoms with E-state index in [1.54, 1.807) is 20.8 Å². The predicted molar refractivity (Wildman–Crippen MR) is 185 cm³/mol. The maximum atomic E-state index is 13.9. The summed E-state index contributed by atoms with van der Waals surface area (Å²) in [5.74, 6) is -2.41. The van der Waals surface area contributed by atoms with Gasteiger partial charge in [0.1, 0.15) is 34.2 Å².